The van der Waals surface area contributed by atoms with Gasteiger partial charge in [0.2, 0.25) is 5.88 Å². The lowest BCUT2D eigenvalue weighted by molar-refractivity contribution is 0.138. The van der Waals surface area contributed by atoms with E-state index in [1.807, 2.05) is 13.8 Å². The second-order valence-electron chi connectivity index (χ2n) is 4.63. The van der Waals surface area contributed by atoms with Gasteiger partial charge in [-0.15, -0.1) is 0 Å². The molecule has 0 spiro atoms. The average molecular weight is 251 g/mol. The summed E-state index contributed by atoms with van der Waals surface area (Å²) >= 11 is 0. The number of hydrogen-bond acceptors (Lipinski definition) is 4. The Morgan fingerprint density at radius 3 is 2.72 bits per heavy atom. The minimum atomic E-state index is -0.913. The zero-order valence-corrected chi connectivity index (χ0v) is 10.8. The van der Waals surface area contributed by atoms with Gasteiger partial charge >= 0.3 is 6.09 Å². The van der Waals surface area contributed by atoms with E-state index in [0.717, 1.165) is 11.3 Å². The first kappa shape index (κ1) is 12.6. The van der Waals surface area contributed by atoms with E-state index < -0.39 is 6.09 Å². The van der Waals surface area contributed by atoms with E-state index >= 15 is 0 Å². The number of ether oxygens (including phenoxy) is 1. The summed E-state index contributed by atoms with van der Waals surface area (Å²) in [6.45, 7) is 4.77. The number of carboxylic acid groups (broad SMARTS) is 1. The third-order valence-electron chi connectivity index (χ3n) is 3.02. The van der Waals surface area contributed by atoms with E-state index in [1.165, 1.54) is 4.90 Å². The molecule has 6 nitrogen and oxygen atoms in total. The summed E-state index contributed by atoms with van der Waals surface area (Å²) in [6, 6.07) is 0. The SMILES string of the molecule is COc1nc(C(C)C)nc2c1CCN(C(=O)O)C2. The Morgan fingerprint density at radius 1 is 1.44 bits per heavy atom. The predicted molar refractivity (Wildman–Crippen MR) is 64.8 cm³/mol. The van der Waals surface area contributed by atoms with Crippen LogP contribution < -0.4 is 4.74 Å². The maximum absolute atomic E-state index is 11.0. The van der Waals surface area contributed by atoms with E-state index in [0.29, 0.717) is 31.2 Å². The van der Waals surface area contributed by atoms with Gasteiger partial charge < -0.3 is 14.7 Å². The van der Waals surface area contributed by atoms with Crippen LogP contribution in [0.4, 0.5) is 4.79 Å². The molecule has 1 N–H and O–H groups in total. The van der Waals surface area contributed by atoms with Gasteiger partial charge in [-0.1, -0.05) is 13.8 Å². The second kappa shape index (κ2) is 4.80. The van der Waals surface area contributed by atoms with Gasteiger partial charge in [0.1, 0.15) is 5.82 Å². The molecule has 0 unspecified atom stereocenters. The number of methoxy groups -OCH3 is 1. The van der Waals surface area contributed by atoms with Crippen molar-refractivity contribution in [2.24, 2.45) is 0 Å². The molecule has 0 bridgehead atoms. The van der Waals surface area contributed by atoms with Crippen molar-refractivity contribution in [3.05, 3.63) is 17.1 Å². The molecule has 98 valence electrons. The molecule has 0 fully saturated rings. The molecule has 1 aliphatic rings. The van der Waals surface area contributed by atoms with Crippen molar-refractivity contribution in [1.29, 1.82) is 0 Å². The van der Waals surface area contributed by atoms with Crippen LogP contribution in [0.15, 0.2) is 0 Å². The molecule has 6 heteroatoms. The number of amides is 1. The van der Waals surface area contributed by atoms with Gasteiger partial charge in [-0.25, -0.2) is 9.78 Å². The summed E-state index contributed by atoms with van der Waals surface area (Å²) in [5, 5.41) is 9.02. The van der Waals surface area contributed by atoms with Gasteiger partial charge in [0.25, 0.3) is 0 Å². The quantitative estimate of drug-likeness (QED) is 0.864. The zero-order chi connectivity index (χ0) is 13.3. The number of carbonyl (C=O) groups is 1. The van der Waals surface area contributed by atoms with E-state index in [2.05, 4.69) is 9.97 Å². The summed E-state index contributed by atoms with van der Waals surface area (Å²) in [5.74, 6) is 1.45. The monoisotopic (exact) mass is 251 g/mol. The number of hydrogen-bond donors (Lipinski definition) is 1. The molecule has 2 rings (SSSR count). The van der Waals surface area contributed by atoms with Gasteiger partial charge in [-0.2, -0.15) is 4.98 Å². The fourth-order valence-electron chi connectivity index (χ4n) is 2.00. The molecule has 0 aromatic carbocycles. The standard InChI is InChI=1S/C12H17N3O3/c1-7(2)10-13-9-6-15(12(16)17)5-4-8(9)11(14-10)18-3/h7H,4-6H2,1-3H3,(H,16,17). The lowest BCUT2D eigenvalue weighted by atomic mass is 10.1. The van der Waals surface area contributed by atoms with Crippen molar-refractivity contribution in [2.45, 2.75) is 32.7 Å². The van der Waals surface area contributed by atoms with Gasteiger partial charge in [0.15, 0.2) is 0 Å². The predicted octanol–water partition coefficient (Wildman–Crippen LogP) is 1.64. The third kappa shape index (κ3) is 2.23. The van der Waals surface area contributed by atoms with Crippen LogP contribution in [-0.4, -0.2) is 39.7 Å². The van der Waals surface area contributed by atoms with Crippen molar-refractivity contribution in [3.8, 4) is 5.88 Å². The van der Waals surface area contributed by atoms with Crippen molar-refractivity contribution in [3.63, 3.8) is 0 Å². The molecule has 2 heterocycles. The highest BCUT2D eigenvalue weighted by atomic mass is 16.5. The molecule has 1 amide bonds. The Labute approximate surface area is 106 Å². The van der Waals surface area contributed by atoms with Gasteiger partial charge in [0, 0.05) is 18.0 Å². The van der Waals surface area contributed by atoms with Gasteiger partial charge in [0.05, 0.1) is 19.3 Å². The smallest absolute Gasteiger partial charge is 0.407 e. The first-order chi connectivity index (χ1) is 8.52. The fraction of sp³-hybridized carbons (Fsp3) is 0.583. The first-order valence-electron chi connectivity index (χ1n) is 5.94. The van der Waals surface area contributed by atoms with Crippen LogP contribution in [0.3, 0.4) is 0 Å². The maximum atomic E-state index is 11.0. The summed E-state index contributed by atoms with van der Waals surface area (Å²) in [5.41, 5.74) is 1.69. The first-order valence-corrected chi connectivity index (χ1v) is 5.94. The van der Waals surface area contributed by atoms with Crippen molar-refractivity contribution in [1.82, 2.24) is 14.9 Å². The molecular weight excluding hydrogens is 234 g/mol. The minimum absolute atomic E-state index is 0.185. The van der Waals surface area contributed by atoms with E-state index in [9.17, 15) is 4.79 Å². The second-order valence-corrected chi connectivity index (χ2v) is 4.63. The molecule has 0 atom stereocenters. The summed E-state index contributed by atoms with van der Waals surface area (Å²) in [7, 11) is 1.58. The number of rotatable bonds is 2. The highest BCUT2D eigenvalue weighted by Gasteiger charge is 2.25. The van der Waals surface area contributed by atoms with E-state index in [4.69, 9.17) is 9.84 Å². The molecule has 1 aromatic heterocycles. The highest BCUT2D eigenvalue weighted by molar-refractivity contribution is 5.65. The number of fused-ring (bicyclic) bond motifs is 1. The Balaban J connectivity index is 2.42. The third-order valence-corrected chi connectivity index (χ3v) is 3.02. The Hall–Kier alpha value is -1.85. The Kier molecular flexibility index (Phi) is 3.36. The van der Waals surface area contributed by atoms with Crippen molar-refractivity contribution < 1.29 is 14.6 Å². The van der Waals surface area contributed by atoms with Crippen LogP contribution >= 0.6 is 0 Å². The molecular formula is C12H17N3O3. The van der Waals surface area contributed by atoms with Crippen molar-refractivity contribution >= 4 is 6.09 Å². The van der Waals surface area contributed by atoms with Crippen molar-refractivity contribution in [2.75, 3.05) is 13.7 Å². The lowest BCUT2D eigenvalue weighted by Gasteiger charge is -2.27. The maximum Gasteiger partial charge on any atom is 0.407 e. The van der Waals surface area contributed by atoms with Gasteiger partial charge in [-0.3, -0.25) is 0 Å². The Morgan fingerprint density at radius 2 is 2.17 bits per heavy atom. The summed E-state index contributed by atoms with van der Waals surface area (Å²) < 4.78 is 5.28. The van der Waals surface area contributed by atoms with Crippen LogP contribution in [0.25, 0.3) is 0 Å². The summed E-state index contributed by atoms with van der Waals surface area (Å²) in [4.78, 5) is 21.2. The summed E-state index contributed by atoms with van der Waals surface area (Å²) in [6.07, 6.45) is -0.312. The molecule has 0 saturated heterocycles. The minimum Gasteiger partial charge on any atom is -0.481 e. The fourth-order valence-corrected chi connectivity index (χ4v) is 2.00. The topological polar surface area (TPSA) is 75.6 Å². The molecule has 0 aliphatic carbocycles. The highest BCUT2D eigenvalue weighted by Crippen LogP contribution is 2.26. The van der Waals surface area contributed by atoms with Crippen LogP contribution in [0, 0.1) is 0 Å². The van der Waals surface area contributed by atoms with Crippen LogP contribution in [0.1, 0.15) is 36.8 Å². The number of aromatic nitrogens is 2. The van der Waals surface area contributed by atoms with Crippen LogP contribution in [0.2, 0.25) is 0 Å². The Bertz CT molecular complexity index is 474. The van der Waals surface area contributed by atoms with E-state index in [1.54, 1.807) is 7.11 Å². The largest absolute Gasteiger partial charge is 0.481 e. The van der Waals surface area contributed by atoms with Gasteiger partial charge in [-0.05, 0) is 6.42 Å². The molecule has 0 radical (unpaired) electrons. The molecule has 18 heavy (non-hydrogen) atoms. The molecule has 1 aromatic rings. The molecule has 1 aliphatic heterocycles. The normalized spacial score (nSPS) is 14.6. The number of nitrogens with zero attached hydrogens (tertiary/aromatic N) is 3. The lowest BCUT2D eigenvalue weighted by Crippen LogP contribution is -2.36. The van der Waals surface area contributed by atoms with E-state index in [-0.39, 0.29) is 5.92 Å². The average Bonchev–Trinajstić information content (AvgIpc) is 2.36. The zero-order valence-electron chi connectivity index (χ0n) is 10.8. The van der Waals surface area contributed by atoms with Crippen LogP contribution in [-0.2, 0) is 13.0 Å². The molecule has 0 saturated carbocycles. The van der Waals surface area contributed by atoms with Crippen LogP contribution in [0.5, 0.6) is 5.88 Å².